The lowest BCUT2D eigenvalue weighted by molar-refractivity contribution is 0.602. The summed E-state index contributed by atoms with van der Waals surface area (Å²) in [6.45, 7) is 0. The molecule has 0 spiro atoms. The van der Waals surface area contributed by atoms with Crippen LogP contribution in [0.4, 0.5) is 10.8 Å². The van der Waals surface area contributed by atoms with E-state index >= 15 is 0 Å². The van der Waals surface area contributed by atoms with E-state index in [2.05, 4.69) is 26.2 Å². The number of rotatable bonds is 3. The van der Waals surface area contributed by atoms with Crippen molar-refractivity contribution in [2.75, 3.05) is 11.6 Å². The lowest BCUT2D eigenvalue weighted by Gasteiger charge is -2.03. The number of nitrogens with one attached hydrogen (secondary N) is 1. The highest BCUT2D eigenvalue weighted by Crippen LogP contribution is 2.30. The van der Waals surface area contributed by atoms with Gasteiger partial charge >= 0.3 is 0 Å². The summed E-state index contributed by atoms with van der Waals surface area (Å²) >= 11 is 4.97. The van der Waals surface area contributed by atoms with Crippen molar-refractivity contribution >= 4 is 58.1 Å². The van der Waals surface area contributed by atoms with Crippen molar-refractivity contribution in [3.8, 4) is 0 Å². The molecule has 0 bridgehead atoms. The van der Waals surface area contributed by atoms with Gasteiger partial charge in [0.2, 0.25) is 0 Å². The maximum Gasteiger partial charge on any atom is 0.188 e. The van der Waals surface area contributed by atoms with Gasteiger partial charge in [0.25, 0.3) is 0 Å². The first-order valence-corrected chi connectivity index (χ1v) is 9.55. The molecule has 0 aliphatic heterocycles. The van der Waals surface area contributed by atoms with Crippen molar-refractivity contribution in [3.63, 3.8) is 0 Å². The van der Waals surface area contributed by atoms with Gasteiger partial charge in [0, 0.05) is 16.4 Å². The Bertz CT molecular complexity index is 902. The van der Waals surface area contributed by atoms with E-state index in [0.717, 1.165) is 25.5 Å². The zero-order valence-corrected chi connectivity index (χ0v) is 14.2. The summed E-state index contributed by atoms with van der Waals surface area (Å²) in [5.74, 6) is 0. The van der Waals surface area contributed by atoms with E-state index in [4.69, 9.17) is 0 Å². The Labute approximate surface area is 134 Å². The molecule has 0 aliphatic carbocycles. The number of nitrogens with zero attached hydrogens (tertiary/aromatic N) is 1. The number of halogens is 1. The lowest BCUT2D eigenvalue weighted by Crippen LogP contribution is -1.97. The number of sulfone groups is 1. The van der Waals surface area contributed by atoms with E-state index in [9.17, 15) is 8.42 Å². The summed E-state index contributed by atoms with van der Waals surface area (Å²) in [6, 6.07) is 12.6. The predicted molar refractivity (Wildman–Crippen MR) is 90.2 cm³/mol. The molecule has 0 amide bonds. The number of thiazole rings is 1. The first kappa shape index (κ1) is 14.5. The number of hydrogen-bond donors (Lipinski definition) is 1. The van der Waals surface area contributed by atoms with Gasteiger partial charge < -0.3 is 5.32 Å². The van der Waals surface area contributed by atoms with Crippen LogP contribution in [0.3, 0.4) is 0 Å². The van der Waals surface area contributed by atoms with E-state index in [-0.39, 0.29) is 0 Å². The van der Waals surface area contributed by atoms with E-state index in [1.54, 1.807) is 35.6 Å². The fraction of sp³-hybridized carbons (Fsp3) is 0.0714. The third kappa shape index (κ3) is 3.25. The van der Waals surface area contributed by atoms with Gasteiger partial charge in [0.1, 0.15) is 0 Å². The zero-order chi connectivity index (χ0) is 15.0. The molecule has 1 N–H and O–H groups in total. The van der Waals surface area contributed by atoms with Crippen LogP contribution in [0.15, 0.2) is 51.8 Å². The Morgan fingerprint density at radius 3 is 2.52 bits per heavy atom. The number of fused-ring (bicyclic) bond motifs is 1. The largest absolute Gasteiger partial charge is 0.332 e. The number of hydrogen-bond acceptors (Lipinski definition) is 5. The Morgan fingerprint density at radius 1 is 1.14 bits per heavy atom. The number of benzene rings is 2. The fourth-order valence-electron chi connectivity index (χ4n) is 1.86. The highest BCUT2D eigenvalue weighted by Gasteiger charge is 2.08. The summed E-state index contributed by atoms with van der Waals surface area (Å²) in [5.41, 5.74) is 1.73. The second-order valence-corrected chi connectivity index (χ2v) is 8.51. The average molecular weight is 383 g/mol. The minimum absolute atomic E-state index is 0.307. The molecule has 0 aliphatic rings. The van der Waals surface area contributed by atoms with E-state index in [1.165, 1.54) is 6.26 Å². The molecule has 1 aromatic heterocycles. The molecule has 108 valence electrons. The van der Waals surface area contributed by atoms with Gasteiger partial charge in [0.05, 0.1) is 15.1 Å². The molecule has 0 saturated heterocycles. The molecule has 21 heavy (non-hydrogen) atoms. The monoisotopic (exact) mass is 382 g/mol. The van der Waals surface area contributed by atoms with Crippen LogP contribution in [0.5, 0.6) is 0 Å². The van der Waals surface area contributed by atoms with Crippen LogP contribution in [0.2, 0.25) is 0 Å². The first-order valence-electron chi connectivity index (χ1n) is 6.05. The molecular formula is C14H11BrN2O2S2. The van der Waals surface area contributed by atoms with Gasteiger partial charge in [-0.05, 0) is 42.5 Å². The molecule has 0 fully saturated rings. The summed E-state index contributed by atoms with van der Waals surface area (Å²) in [6.07, 6.45) is 1.20. The van der Waals surface area contributed by atoms with E-state index in [1.807, 2.05) is 18.2 Å². The van der Waals surface area contributed by atoms with Crippen molar-refractivity contribution in [1.29, 1.82) is 0 Å². The molecule has 0 saturated carbocycles. The molecule has 0 radical (unpaired) electrons. The molecule has 3 aromatic rings. The molecule has 7 heteroatoms. The van der Waals surface area contributed by atoms with Crippen molar-refractivity contribution in [1.82, 2.24) is 4.98 Å². The third-order valence-electron chi connectivity index (χ3n) is 2.88. The van der Waals surface area contributed by atoms with Crippen LogP contribution >= 0.6 is 27.3 Å². The molecule has 0 atom stereocenters. The van der Waals surface area contributed by atoms with Crippen LogP contribution in [0.1, 0.15) is 0 Å². The molecule has 0 unspecified atom stereocenters. The van der Waals surface area contributed by atoms with Gasteiger partial charge in [-0.25, -0.2) is 13.4 Å². The van der Waals surface area contributed by atoms with Gasteiger partial charge in [-0.3, -0.25) is 0 Å². The molecule has 2 aromatic carbocycles. The normalized spacial score (nSPS) is 11.7. The van der Waals surface area contributed by atoms with Gasteiger partial charge in [-0.15, -0.1) is 0 Å². The summed E-state index contributed by atoms with van der Waals surface area (Å²) in [7, 11) is -3.16. The Morgan fingerprint density at radius 2 is 1.86 bits per heavy atom. The van der Waals surface area contributed by atoms with Crippen molar-refractivity contribution in [2.24, 2.45) is 0 Å². The van der Waals surface area contributed by atoms with E-state index < -0.39 is 9.84 Å². The molecule has 3 rings (SSSR count). The number of anilines is 2. The minimum atomic E-state index is -3.16. The lowest BCUT2D eigenvalue weighted by atomic mass is 10.3. The van der Waals surface area contributed by atoms with Crippen LogP contribution in [0, 0.1) is 0 Å². The van der Waals surface area contributed by atoms with Crippen LogP contribution in [-0.2, 0) is 9.84 Å². The van der Waals surface area contributed by atoms with Crippen LogP contribution < -0.4 is 5.32 Å². The molecular weight excluding hydrogens is 372 g/mol. The quantitative estimate of drug-likeness (QED) is 0.736. The molecule has 4 nitrogen and oxygen atoms in total. The first-order chi connectivity index (χ1) is 9.91. The SMILES string of the molecule is CS(=O)(=O)c1ccc(Nc2nc3cc(Br)ccc3s2)cc1. The zero-order valence-electron chi connectivity index (χ0n) is 11.0. The maximum absolute atomic E-state index is 11.4. The minimum Gasteiger partial charge on any atom is -0.332 e. The third-order valence-corrected chi connectivity index (χ3v) is 5.46. The summed E-state index contributed by atoms with van der Waals surface area (Å²) in [4.78, 5) is 4.81. The van der Waals surface area contributed by atoms with Crippen molar-refractivity contribution < 1.29 is 8.42 Å². The summed E-state index contributed by atoms with van der Waals surface area (Å²) < 4.78 is 24.9. The van der Waals surface area contributed by atoms with Gasteiger partial charge in [-0.1, -0.05) is 27.3 Å². The second-order valence-electron chi connectivity index (χ2n) is 4.55. The Hall–Kier alpha value is -1.44. The maximum atomic E-state index is 11.4. The average Bonchev–Trinajstić information content (AvgIpc) is 2.79. The van der Waals surface area contributed by atoms with Crippen molar-refractivity contribution in [2.45, 2.75) is 4.90 Å². The topological polar surface area (TPSA) is 59.1 Å². The second kappa shape index (κ2) is 5.40. The summed E-state index contributed by atoms with van der Waals surface area (Å²) in [5, 5.41) is 3.96. The Balaban J connectivity index is 1.88. The Kier molecular flexibility index (Phi) is 3.73. The molecule has 1 heterocycles. The van der Waals surface area contributed by atoms with E-state index in [0.29, 0.717) is 4.90 Å². The van der Waals surface area contributed by atoms with Crippen LogP contribution in [-0.4, -0.2) is 19.7 Å². The van der Waals surface area contributed by atoms with Gasteiger partial charge in [0.15, 0.2) is 15.0 Å². The number of aromatic nitrogens is 1. The smallest absolute Gasteiger partial charge is 0.188 e. The van der Waals surface area contributed by atoms with Crippen molar-refractivity contribution in [3.05, 3.63) is 46.9 Å². The van der Waals surface area contributed by atoms with Crippen LogP contribution in [0.25, 0.3) is 10.2 Å². The van der Waals surface area contributed by atoms with Gasteiger partial charge in [-0.2, -0.15) is 0 Å². The fourth-order valence-corrected chi connectivity index (χ4v) is 3.71. The standard InChI is InChI=1S/C14H11BrN2O2S2/c1-21(18,19)11-5-3-10(4-6-11)16-14-17-12-8-9(15)2-7-13(12)20-14/h2-8H,1H3,(H,16,17). The highest BCUT2D eigenvalue weighted by atomic mass is 79.9. The highest BCUT2D eigenvalue weighted by molar-refractivity contribution is 9.10. The predicted octanol–water partition coefficient (Wildman–Crippen LogP) is 4.21.